The maximum Gasteiger partial charge on any atom is 0.272 e. The second kappa shape index (κ2) is 10.6. The molecule has 0 atom stereocenters. The fraction of sp³-hybridized carbons (Fsp3) is 0.120. The SMILES string of the molecule is CC(=O)N/C(=C\c1ccccc1)C(=O)Nc1cccc(OCCc2ccccc2)c1. The number of benzene rings is 3. The molecule has 0 aliphatic carbocycles. The summed E-state index contributed by atoms with van der Waals surface area (Å²) in [6, 6.07) is 26.6. The van der Waals surface area contributed by atoms with Crippen LogP contribution in [-0.2, 0) is 16.0 Å². The zero-order valence-corrected chi connectivity index (χ0v) is 16.8. The lowest BCUT2D eigenvalue weighted by molar-refractivity contribution is -0.120. The molecule has 0 bridgehead atoms. The van der Waals surface area contributed by atoms with Crippen molar-refractivity contribution in [3.8, 4) is 5.75 Å². The molecule has 0 saturated heterocycles. The van der Waals surface area contributed by atoms with Crippen LogP contribution in [0.15, 0.2) is 90.6 Å². The van der Waals surface area contributed by atoms with Gasteiger partial charge in [-0.05, 0) is 29.3 Å². The van der Waals surface area contributed by atoms with Gasteiger partial charge in [-0.2, -0.15) is 0 Å². The van der Waals surface area contributed by atoms with Crippen molar-refractivity contribution in [2.75, 3.05) is 11.9 Å². The van der Waals surface area contributed by atoms with E-state index in [0.29, 0.717) is 18.0 Å². The van der Waals surface area contributed by atoms with Crippen LogP contribution in [0.1, 0.15) is 18.1 Å². The van der Waals surface area contributed by atoms with Gasteiger partial charge in [0.15, 0.2) is 0 Å². The summed E-state index contributed by atoms with van der Waals surface area (Å²) in [5.74, 6) is -0.0577. The quantitative estimate of drug-likeness (QED) is 0.550. The van der Waals surface area contributed by atoms with Crippen LogP contribution in [0.2, 0.25) is 0 Å². The third kappa shape index (κ3) is 6.63. The van der Waals surface area contributed by atoms with E-state index in [1.54, 1.807) is 18.2 Å². The molecule has 0 fully saturated rings. The van der Waals surface area contributed by atoms with Crippen molar-refractivity contribution in [1.82, 2.24) is 5.32 Å². The number of amides is 2. The molecule has 152 valence electrons. The van der Waals surface area contributed by atoms with Crippen LogP contribution >= 0.6 is 0 Å². The highest BCUT2D eigenvalue weighted by atomic mass is 16.5. The smallest absolute Gasteiger partial charge is 0.272 e. The largest absolute Gasteiger partial charge is 0.493 e. The Morgan fingerprint density at radius 3 is 2.30 bits per heavy atom. The summed E-state index contributed by atoms with van der Waals surface area (Å²) in [5, 5.41) is 5.41. The topological polar surface area (TPSA) is 67.4 Å². The zero-order chi connectivity index (χ0) is 21.2. The maximum absolute atomic E-state index is 12.7. The highest BCUT2D eigenvalue weighted by Crippen LogP contribution is 2.18. The molecule has 5 heteroatoms. The average molecular weight is 400 g/mol. The number of hydrogen-bond donors (Lipinski definition) is 2. The monoisotopic (exact) mass is 400 g/mol. The molecular formula is C25H24N2O3. The minimum atomic E-state index is -0.407. The lowest BCUT2D eigenvalue weighted by Crippen LogP contribution is -2.28. The molecule has 5 nitrogen and oxygen atoms in total. The Hall–Kier alpha value is -3.86. The minimum absolute atomic E-state index is 0.170. The number of anilines is 1. The molecule has 2 N–H and O–H groups in total. The van der Waals surface area contributed by atoms with E-state index in [2.05, 4.69) is 22.8 Å². The van der Waals surface area contributed by atoms with Crippen LogP contribution in [0.25, 0.3) is 6.08 Å². The van der Waals surface area contributed by atoms with Crippen LogP contribution in [0.3, 0.4) is 0 Å². The zero-order valence-electron chi connectivity index (χ0n) is 16.8. The van der Waals surface area contributed by atoms with E-state index >= 15 is 0 Å². The standard InChI is InChI=1S/C25H24N2O3/c1-19(28)26-24(17-21-11-6-3-7-12-21)25(29)27-22-13-8-14-23(18-22)30-16-15-20-9-4-2-5-10-20/h2-14,17-18H,15-16H2,1H3,(H,26,28)(H,27,29)/b24-17-. The van der Waals surface area contributed by atoms with Gasteiger partial charge in [-0.1, -0.05) is 66.7 Å². The summed E-state index contributed by atoms with van der Waals surface area (Å²) in [4.78, 5) is 24.3. The third-order valence-electron chi connectivity index (χ3n) is 4.26. The summed E-state index contributed by atoms with van der Waals surface area (Å²) in [6.07, 6.45) is 2.43. The van der Waals surface area contributed by atoms with Gasteiger partial charge in [-0.15, -0.1) is 0 Å². The maximum atomic E-state index is 12.7. The molecule has 0 unspecified atom stereocenters. The molecular weight excluding hydrogens is 376 g/mol. The highest BCUT2D eigenvalue weighted by Gasteiger charge is 2.12. The van der Waals surface area contributed by atoms with Gasteiger partial charge in [-0.25, -0.2) is 0 Å². The van der Waals surface area contributed by atoms with Gasteiger partial charge in [-0.3, -0.25) is 9.59 Å². The fourth-order valence-electron chi connectivity index (χ4n) is 2.86. The van der Waals surface area contributed by atoms with E-state index in [-0.39, 0.29) is 11.6 Å². The Balaban J connectivity index is 1.65. The summed E-state index contributed by atoms with van der Waals surface area (Å²) < 4.78 is 5.82. The Bertz CT molecular complexity index is 1010. The predicted molar refractivity (Wildman–Crippen MR) is 119 cm³/mol. The molecule has 0 saturated carbocycles. The lowest BCUT2D eigenvalue weighted by Gasteiger charge is -2.12. The van der Waals surface area contributed by atoms with Gasteiger partial charge in [0.1, 0.15) is 11.4 Å². The van der Waals surface area contributed by atoms with E-state index in [1.165, 1.54) is 12.5 Å². The number of nitrogens with one attached hydrogen (secondary N) is 2. The molecule has 0 heterocycles. The van der Waals surface area contributed by atoms with Crippen molar-refractivity contribution in [2.24, 2.45) is 0 Å². The Morgan fingerprint density at radius 1 is 0.900 bits per heavy atom. The first-order valence-corrected chi connectivity index (χ1v) is 9.72. The molecule has 30 heavy (non-hydrogen) atoms. The number of rotatable bonds is 8. The van der Waals surface area contributed by atoms with Gasteiger partial charge in [0.2, 0.25) is 5.91 Å². The Morgan fingerprint density at radius 2 is 1.60 bits per heavy atom. The van der Waals surface area contributed by atoms with Gasteiger partial charge in [0.05, 0.1) is 6.61 Å². The number of ether oxygens (including phenoxy) is 1. The van der Waals surface area contributed by atoms with E-state index in [1.807, 2.05) is 60.7 Å². The molecule has 0 spiro atoms. The van der Waals surface area contributed by atoms with Crippen molar-refractivity contribution in [1.29, 1.82) is 0 Å². The minimum Gasteiger partial charge on any atom is -0.493 e. The first-order valence-electron chi connectivity index (χ1n) is 9.72. The summed E-state index contributed by atoms with van der Waals surface area (Å²) in [5.41, 5.74) is 2.77. The van der Waals surface area contributed by atoms with Crippen molar-refractivity contribution < 1.29 is 14.3 Å². The van der Waals surface area contributed by atoms with Crippen LogP contribution in [0, 0.1) is 0 Å². The Kier molecular flexibility index (Phi) is 7.39. The highest BCUT2D eigenvalue weighted by molar-refractivity contribution is 6.08. The van der Waals surface area contributed by atoms with Crippen LogP contribution in [-0.4, -0.2) is 18.4 Å². The van der Waals surface area contributed by atoms with E-state index in [9.17, 15) is 9.59 Å². The molecule has 0 aromatic heterocycles. The number of carbonyl (C=O) groups excluding carboxylic acids is 2. The molecule has 3 aromatic carbocycles. The van der Waals surface area contributed by atoms with Gasteiger partial charge < -0.3 is 15.4 Å². The first-order chi connectivity index (χ1) is 14.6. The number of hydrogen-bond acceptors (Lipinski definition) is 3. The molecule has 3 rings (SSSR count). The molecule has 3 aromatic rings. The average Bonchev–Trinajstić information content (AvgIpc) is 2.75. The molecule has 0 radical (unpaired) electrons. The molecule has 2 amide bonds. The number of carbonyl (C=O) groups is 2. The van der Waals surface area contributed by atoms with Crippen LogP contribution in [0.5, 0.6) is 5.75 Å². The Labute approximate surface area is 176 Å². The summed E-state index contributed by atoms with van der Waals surface area (Å²) >= 11 is 0. The van der Waals surface area contributed by atoms with Gasteiger partial charge in [0.25, 0.3) is 5.91 Å². The lowest BCUT2D eigenvalue weighted by atomic mass is 10.2. The normalized spacial score (nSPS) is 10.9. The first kappa shape index (κ1) is 20.9. The van der Waals surface area contributed by atoms with E-state index < -0.39 is 5.91 Å². The van der Waals surface area contributed by atoms with Crippen molar-refractivity contribution in [2.45, 2.75) is 13.3 Å². The van der Waals surface area contributed by atoms with Crippen molar-refractivity contribution in [3.63, 3.8) is 0 Å². The van der Waals surface area contributed by atoms with E-state index in [0.717, 1.165) is 12.0 Å². The van der Waals surface area contributed by atoms with Gasteiger partial charge >= 0.3 is 0 Å². The van der Waals surface area contributed by atoms with E-state index in [4.69, 9.17) is 4.74 Å². The van der Waals surface area contributed by atoms with Crippen molar-refractivity contribution in [3.05, 3.63) is 102 Å². The molecule has 0 aliphatic heterocycles. The second-order valence-corrected chi connectivity index (χ2v) is 6.72. The fourth-order valence-corrected chi connectivity index (χ4v) is 2.86. The second-order valence-electron chi connectivity index (χ2n) is 6.72. The van der Waals surface area contributed by atoms with Crippen LogP contribution in [0.4, 0.5) is 5.69 Å². The molecule has 0 aliphatic rings. The third-order valence-corrected chi connectivity index (χ3v) is 4.26. The van der Waals surface area contributed by atoms with Crippen LogP contribution < -0.4 is 15.4 Å². The van der Waals surface area contributed by atoms with Crippen molar-refractivity contribution >= 4 is 23.6 Å². The predicted octanol–water partition coefficient (Wildman–Crippen LogP) is 4.42. The summed E-state index contributed by atoms with van der Waals surface area (Å²) in [6.45, 7) is 1.90. The summed E-state index contributed by atoms with van der Waals surface area (Å²) in [7, 11) is 0. The van der Waals surface area contributed by atoms with Gasteiger partial charge in [0, 0.05) is 25.1 Å².